The SMILES string of the molecule is COc1cccc(CC[C@@H](C(=O)N[C@@H](Cc2cc(F)cc(F)c2)[C@H](O)CNCc2cccc(OC)c2)N2CC[C@](CC3CC3)(NC(C)=O)C2=O)c1. The van der Waals surface area contributed by atoms with Crippen LogP contribution in [-0.4, -0.2) is 78.8 Å². The summed E-state index contributed by atoms with van der Waals surface area (Å²) in [5.41, 5.74) is 0.972. The van der Waals surface area contributed by atoms with Gasteiger partial charge in [0.15, 0.2) is 0 Å². The van der Waals surface area contributed by atoms with E-state index in [9.17, 15) is 28.3 Å². The van der Waals surface area contributed by atoms with E-state index in [-0.39, 0.29) is 43.3 Å². The van der Waals surface area contributed by atoms with Gasteiger partial charge in [-0.2, -0.15) is 0 Å². The lowest BCUT2D eigenvalue weighted by Gasteiger charge is -2.33. The Morgan fingerprint density at radius 1 is 0.961 bits per heavy atom. The number of likely N-dealkylation sites (tertiary alicyclic amines) is 1. The molecule has 1 saturated carbocycles. The van der Waals surface area contributed by atoms with E-state index in [1.165, 1.54) is 19.1 Å². The molecule has 3 aromatic carbocycles. The van der Waals surface area contributed by atoms with E-state index in [1.807, 2.05) is 48.5 Å². The lowest BCUT2D eigenvalue weighted by molar-refractivity contribution is -0.143. The van der Waals surface area contributed by atoms with E-state index in [0.717, 1.165) is 30.0 Å². The van der Waals surface area contributed by atoms with Gasteiger partial charge in [-0.15, -0.1) is 0 Å². The first-order valence-electron chi connectivity index (χ1n) is 17.5. The number of ether oxygens (including phenoxy) is 2. The van der Waals surface area contributed by atoms with Crippen molar-refractivity contribution in [2.24, 2.45) is 5.92 Å². The van der Waals surface area contributed by atoms with Gasteiger partial charge in [-0.05, 0) is 91.1 Å². The first-order valence-corrected chi connectivity index (χ1v) is 17.5. The quantitative estimate of drug-likeness (QED) is 0.157. The summed E-state index contributed by atoms with van der Waals surface area (Å²) in [4.78, 5) is 42.5. The molecule has 4 N–H and O–H groups in total. The number of hydrogen-bond donors (Lipinski definition) is 4. The monoisotopic (exact) mass is 706 g/mol. The van der Waals surface area contributed by atoms with Gasteiger partial charge in [-0.25, -0.2) is 8.78 Å². The molecule has 1 heterocycles. The van der Waals surface area contributed by atoms with Crippen LogP contribution in [0.25, 0.3) is 0 Å². The molecule has 1 aliphatic heterocycles. The number of nitrogens with one attached hydrogen (secondary N) is 3. The summed E-state index contributed by atoms with van der Waals surface area (Å²) >= 11 is 0. The molecule has 0 radical (unpaired) electrons. The highest BCUT2D eigenvalue weighted by Gasteiger charge is 2.52. The number of aryl methyl sites for hydroxylation is 1. The van der Waals surface area contributed by atoms with Crippen molar-refractivity contribution in [1.29, 1.82) is 0 Å². The topological polar surface area (TPSA) is 129 Å². The molecule has 3 amide bonds. The molecule has 1 saturated heterocycles. The second-order valence-corrected chi connectivity index (χ2v) is 13.7. The molecule has 0 bridgehead atoms. The van der Waals surface area contributed by atoms with E-state index in [0.29, 0.717) is 43.2 Å². The number of methoxy groups -OCH3 is 2. The molecule has 0 aromatic heterocycles. The predicted octanol–water partition coefficient (Wildman–Crippen LogP) is 4.07. The molecule has 12 heteroatoms. The normalized spacial score (nSPS) is 18.9. The number of halogens is 2. The molecule has 51 heavy (non-hydrogen) atoms. The van der Waals surface area contributed by atoms with Crippen LogP contribution in [-0.2, 0) is 33.8 Å². The number of amides is 3. The van der Waals surface area contributed by atoms with Gasteiger partial charge in [0.2, 0.25) is 17.7 Å². The van der Waals surface area contributed by atoms with Gasteiger partial charge < -0.3 is 35.4 Å². The average molecular weight is 707 g/mol. The zero-order chi connectivity index (χ0) is 36.5. The van der Waals surface area contributed by atoms with Crippen LogP contribution >= 0.6 is 0 Å². The zero-order valence-electron chi connectivity index (χ0n) is 29.4. The fraction of sp³-hybridized carbons (Fsp3) is 0.462. The lowest BCUT2D eigenvalue weighted by atomic mass is 9.90. The number of benzene rings is 3. The van der Waals surface area contributed by atoms with Crippen molar-refractivity contribution in [3.05, 3.63) is 95.1 Å². The van der Waals surface area contributed by atoms with Crippen LogP contribution in [0.5, 0.6) is 11.5 Å². The summed E-state index contributed by atoms with van der Waals surface area (Å²) in [6, 6.07) is 16.1. The Morgan fingerprint density at radius 3 is 2.24 bits per heavy atom. The van der Waals surface area contributed by atoms with E-state index in [1.54, 1.807) is 19.1 Å². The number of rotatable bonds is 18. The minimum atomic E-state index is -1.17. The van der Waals surface area contributed by atoms with Crippen LogP contribution in [0.2, 0.25) is 0 Å². The molecular weight excluding hydrogens is 658 g/mol. The smallest absolute Gasteiger partial charge is 0.249 e. The van der Waals surface area contributed by atoms with Gasteiger partial charge in [0.25, 0.3) is 0 Å². The molecule has 274 valence electrons. The zero-order valence-corrected chi connectivity index (χ0v) is 29.4. The van der Waals surface area contributed by atoms with Crippen molar-refractivity contribution in [2.45, 2.75) is 82.1 Å². The van der Waals surface area contributed by atoms with Gasteiger partial charge in [0, 0.05) is 32.6 Å². The number of hydrogen-bond acceptors (Lipinski definition) is 7. The summed E-state index contributed by atoms with van der Waals surface area (Å²) in [7, 11) is 3.15. The minimum Gasteiger partial charge on any atom is -0.497 e. The molecule has 2 fully saturated rings. The number of aliphatic hydroxyl groups excluding tert-OH is 1. The van der Waals surface area contributed by atoms with Crippen molar-refractivity contribution in [2.75, 3.05) is 27.3 Å². The molecule has 10 nitrogen and oxygen atoms in total. The van der Waals surface area contributed by atoms with E-state index in [4.69, 9.17) is 9.47 Å². The Labute approximate surface area is 297 Å². The first-order chi connectivity index (χ1) is 24.5. The van der Waals surface area contributed by atoms with Gasteiger partial charge in [-0.1, -0.05) is 37.1 Å². The summed E-state index contributed by atoms with van der Waals surface area (Å²) in [5, 5.41) is 20.5. The maximum absolute atomic E-state index is 14.4. The Hall–Kier alpha value is -4.55. The van der Waals surface area contributed by atoms with Crippen LogP contribution in [0.3, 0.4) is 0 Å². The molecular formula is C39H48F2N4O6. The molecule has 0 spiro atoms. The standard InChI is InChI=1S/C39H48F2N4O6/c1-25(46)44-39(22-27-10-11-27)14-15-45(38(39)49)35(13-12-26-6-4-8-32(18-26)50-2)37(48)43-34(20-29-16-30(40)21-31(41)17-29)36(47)24-42-23-28-7-5-9-33(19-28)51-3/h4-9,16-19,21,27,34-36,42,47H,10-15,20,22-24H2,1-3H3,(H,43,48)(H,44,46)/t34-,35-,36+,39+/m0/s1. The summed E-state index contributed by atoms with van der Waals surface area (Å²) < 4.78 is 39.2. The predicted molar refractivity (Wildman–Crippen MR) is 188 cm³/mol. The number of carbonyl (C=O) groups excluding carboxylic acids is 3. The summed E-state index contributed by atoms with van der Waals surface area (Å²) in [6.07, 6.45) is 2.28. The van der Waals surface area contributed by atoms with Crippen LogP contribution in [0.1, 0.15) is 55.7 Å². The number of aliphatic hydroxyl groups is 1. The average Bonchev–Trinajstić information content (AvgIpc) is 3.86. The maximum atomic E-state index is 14.4. The van der Waals surface area contributed by atoms with Crippen LogP contribution in [0.4, 0.5) is 8.78 Å². The second-order valence-electron chi connectivity index (χ2n) is 13.7. The van der Waals surface area contributed by atoms with Crippen LogP contribution < -0.4 is 25.4 Å². The second kappa shape index (κ2) is 17.1. The van der Waals surface area contributed by atoms with Crippen molar-refractivity contribution in [1.82, 2.24) is 20.9 Å². The first kappa shape index (κ1) is 37.7. The molecule has 2 aliphatic rings. The van der Waals surface area contributed by atoms with Crippen molar-refractivity contribution in [3.63, 3.8) is 0 Å². The maximum Gasteiger partial charge on any atom is 0.249 e. The Morgan fingerprint density at radius 2 is 1.61 bits per heavy atom. The molecule has 5 rings (SSSR count). The van der Waals surface area contributed by atoms with Crippen LogP contribution in [0, 0.1) is 17.6 Å². The lowest BCUT2D eigenvalue weighted by Crippen LogP contribution is -2.59. The van der Waals surface area contributed by atoms with E-state index in [2.05, 4.69) is 16.0 Å². The summed E-state index contributed by atoms with van der Waals surface area (Å²) in [6.45, 7) is 2.08. The van der Waals surface area contributed by atoms with Gasteiger partial charge in [0.1, 0.15) is 34.7 Å². The number of carbonyl (C=O) groups is 3. The largest absolute Gasteiger partial charge is 0.497 e. The Bertz CT molecular complexity index is 1670. The van der Waals surface area contributed by atoms with Gasteiger partial charge in [0.05, 0.1) is 26.4 Å². The van der Waals surface area contributed by atoms with E-state index < -0.39 is 41.3 Å². The highest BCUT2D eigenvalue weighted by molar-refractivity contribution is 5.96. The fourth-order valence-electron chi connectivity index (χ4n) is 6.99. The highest BCUT2D eigenvalue weighted by Crippen LogP contribution is 2.41. The third kappa shape index (κ3) is 10.3. The van der Waals surface area contributed by atoms with E-state index >= 15 is 0 Å². The third-order valence-electron chi connectivity index (χ3n) is 9.71. The third-order valence-corrected chi connectivity index (χ3v) is 9.71. The van der Waals surface area contributed by atoms with Crippen molar-refractivity contribution < 1.29 is 37.7 Å². The Kier molecular flexibility index (Phi) is 12.6. The molecule has 4 atom stereocenters. The molecule has 3 aromatic rings. The van der Waals surface area contributed by atoms with Crippen molar-refractivity contribution >= 4 is 17.7 Å². The van der Waals surface area contributed by atoms with Gasteiger partial charge in [-0.3, -0.25) is 14.4 Å². The highest BCUT2D eigenvalue weighted by atomic mass is 19.1. The molecule has 0 unspecified atom stereocenters. The van der Waals surface area contributed by atoms with Crippen LogP contribution in [0.15, 0.2) is 66.7 Å². The number of nitrogens with zero attached hydrogens (tertiary/aromatic N) is 1. The minimum absolute atomic E-state index is 0.0457. The fourth-order valence-corrected chi connectivity index (χ4v) is 6.99. The molecule has 1 aliphatic carbocycles. The van der Waals surface area contributed by atoms with Crippen molar-refractivity contribution in [3.8, 4) is 11.5 Å². The summed E-state index contributed by atoms with van der Waals surface area (Å²) in [5.74, 6) is -0.995. The Balaban J connectivity index is 1.39. The van der Waals surface area contributed by atoms with Gasteiger partial charge >= 0.3 is 0 Å².